The van der Waals surface area contributed by atoms with Crippen LogP contribution in [0.5, 0.6) is 0 Å². The number of benzene rings is 1. The van der Waals surface area contributed by atoms with Crippen molar-refractivity contribution in [3.05, 3.63) is 47.2 Å². The number of carbonyl (C=O) groups is 2. The second kappa shape index (κ2) is 7.34. The average molecular weight is 365 g/mol. The number of carbonyl (C=O) groups excluding carboxylic acids is 2. The van der Waals surface area contributed by atoms with E-state index in [2.05, 4.69) is 27.3 Å². The predicted molar refractivity (Wildman–Crippen MR) is 103 cm³/mol. The Labute approximate surface area is 158 Å². The number of Topliss-reactive ketones (excluding diaryl/α,β-unsaturated/α-hetero) is 1. The van der Waals surface area contributed by atoms with Crippen LogP contribution in [0, 0.1) is 0 Å². The summed E-state index contributed by atoms with van der Waals surface area (Å²) in [6.45, 7) is 2.70. The second-order valence-corrected chi connectivity index (χ2v) is 7.01. The van der Waals surface area contributed by atoms with Gasteiger partial charge in [0.25, 0.3) is 0 Å². The van der Waals surface area contributed by atoms with Crippen molar-refractivity contribution in [2.24, 2.45) is 0 Å². The Bertz CT molecular complexity index is 847. The molecule has 1 aromatic heterocycles. The molecular formula is C20H23N5O2. The minimum absolute atomic E-state index is 0.0896. The Morgan fingerprint density at radius 1 is 1.07 bits per heavy atom. The number of fused-ring (bicyclic) bond motifs is 1. The normalized spacial score (nSPS) is 19.6. The van der Waals surface area contributed by atoms with Crippen molar-refractivity contribution >= 4 is 24.0 Å². The molecule has 1 saturated heterocycles. The van der Waals surface area contributed by atoms with Gasteiger partial charge in [-0.1, -0.05) is 30.3 Å². The van der Waals surface area contributed by atoms with Gasteiger partial charge in [0.1, 0.15) is 5.82 Å². The first kappa shape index (κ1) is 17.5. The van der Waals surface area contributed by atoms with E-state index in [9.17, 15) is 9.59 Å². The summed E-state index contributed by atoms with van der Waals surface area (Å²) in [7, 11) is 1.79. The smallest absolute Gasteiger partial charge is 0.227 e. The van der Waals surface area contributed by atoms with Gasteiger partial charge >= 0.3 is 0 Å². The van der Waals surface area contributed by atoms with Gasteiger partial charge in [0, 0.05) is 39.6 Å². The molecule has 2 aromatic rings. The standard InChI is InChI=1S/C20H23N5O2/c1-21-19-18-16(11-15(12-17(18)27)14-5-3-2-4-6-14)22-20(23-19)25-9-7-24(13-26)8-10-25/h2-6,13,15H,7-12H2,1H3,(H,21,22,23). The molecule has 7 heteroatoms. The lowest BCUT2D eigenvalue weighted by Crippen LogP contribution is -2.46. The minimum Gasteiger partial charge on any atom is -0.372 e. The maximum absolute atomic E-state index is 12.8. The van der Waals surface area contributed by atoms with E-state index in [0.29, 0.717) is 49.9 Å². The van der Waals surface area contributed by atoms with Crippen LogP contribution in [-0.4, -0.2) is 60.3 Å². The largest absolute Gasteiger partial charge is 0.372 e. The molecular weight excluding hydrogens is 342 g/mol. The molecule has 0 bridgehead atoms. The Balaban J connectivity index is 1.66. The number of amides is 1. The highest BCUT2D eigenvalue weighted by Crippen LogP contribution is 2.35. The van der Waals surface area contributed by atoms with E-state index in [4.69, 9.17) is 4.98 Å². The van der Waals surface area contributed by atoms with Crippen LogP contribution in [0.15, 0.2) is 30.3 Å². The molecule has 1 aliphatic carbocycles. The molecule has 1 aliphatic heterocycles. The molecule has 2 aliphatic rings. The van der Waals surface area contributed by atoms with Crippen LogP contribution in [0.4, 0.5) is 11.8 Å². The van der Waals surface area contributed by atoms with Crippen LogP contribution in [0.1, 0.15) is 34.0 Å². The van der Waals surface area contributed by atoms with Crippen molar-refractivity contribution in [2.75, 3.05) is 43.4 Å². The summed E-state index contributed by atoms with van der Waals surface area (Å²) >= 11 is 0. The third-order valence-corrected chi connectivity index (χ3v) is 5.38. The van der Waals surface area contributed by atoms with E-state index in [1.54, 1.807) is 11.9 Å². The zero-order valence-electron chi connectivity index (χ0n) is 15.4. The van der Waals surface area contributed by atoms with Gasteiger partial charge in [0.2, 0.25) is 12.4 Å². The summed E-state index contributed by atoms with van der Waals surface area (Å²) < 4.78 is 0. The van der Waals surface area contributed by atoms with Crippen molar-refractivity contribution in [2.45, 2.75) is 18.8 Å². The van der Waals surface area contributed by atoms with E-state index in [1.807, 2.05) is 18.2 Å². The Hall–Kier alpha value is -2.96. The number of aromatic nitrogens is 2. The van der Waals surface area contributed by atoms with Crippen LogP contribution < -0.4 is 10.2 Å². The average Bonchev–Trinajstić information content (AvgIpc) is 2.73. The fourth-order valence-corrected chi connectivity index (χ4v) is 3.88. The molecule has 1 atom stereocenters. The number of nitrogens with zero attached hydrogens (tertiary/aromatic N) is 4. The number of ketones is 1. The molecule has 0 saturated carbocycles. The van der Waals surface area contributed by atoms with E-state index >= 15 is 0 Å². The first-order chi connectivity index (χ1) is 13.2. The summed E-state index contributed by atoms with van der Waals surface area (Å²) in [6, 6.07) is 10.1. The maximum Gasteiger partial charge on any atom is 0.227 e. The van der Waals surface area contributed by atoms with Crippen LogP contribution in [0.25, 0.3) is 0 Å². The lowest BCUT2D eigenvalue weighted by atomic mass is 9.82. The quantitative estimate of drug-likeness (QED) is 0.831. The Morgan fingerprint density at radius 3 is 2.48 bits per heavy atom. The van der Waals surface area contributed by atoms with Gasteiger partial charge in [-0.3, -0.25) is 9.59 Å². The van der Waals surface area contributed by atoms with E-state index in [1.165, 1.54) is 5.56 Å². The van der Waals surface area contributed by atoms with E-state index in [0.717, 1.165) is 18.5 Å². The molecule has 7 nitrogen and oxygen atoms in total. The van der Waals surface area contributed by atoms with E-state index in [-0.39, 0.29) is 11.7 Å². The first-order valence-corrected chi connectivity index (χ1v) is 9.30. The zero-order valence-corrected chi connectivity index (χ0v) is 15.4. The lowest BCUT2D eigenvalue weighted by molar-refractivity contribution is -0.118. The summed E-state index contributed by atoms with van der Waals surface area (Å²) in [4.78, 5) is 37.0. The number of hydrogen-bond acceptors (Lipinski definition) is 6. The zero-order chi connectivity index (χ0) is 18.8. The van der Waals surface area contributed by atoms with E-state index < -0.39 is 0 Å². The molecule has 1 N–H and O–H groups in total. The van der Waals surface area contributed by atoms with Gasteiger partial charge in [0.15, 0.2) is 5.78 Å². The van der Waals surface area contributed by atoms with Crippen LogP contribution in [0.2, 0.25) is 0 Å². The second-order valence-electron chi connectivity index (χ2n) is 7.01. The summed E-state index contributed by atoms with van der Waals surface area (Å²) in [5.74, 6) is 1.46. The number of piperazine rings is 1. The van der Waals surface area contributed by atoms with Crippen LogP contribution in [0.3, 0.4) is 0 Å². The third kappa shape index (κ3) is 3.37. The van der Waals surface area contributed by atoms with Gasteiger partial charge in [-0.05, 0) is 17.9 Å². The highest BCUT2D eigenvalue weighted by molar-refractivity contribution is 6.03. The molecule has 2 heterocycles. The Kier molecular flexibility index (Phi) is 4.75. The third-order valence-electron chi connectivity index (χ3n) is 5.38. The highest BCUT2D eigenvalue weighted by Gasteiger charge is 2.31. The molecule has 1 aromatic carbocycles. The topological polar surface area (TPSA) is 78.4 Å². The van der Waals surface area contributed by atoms with Crippen molar-refractivity contribution in [1.82, 2.24) is 14.9 Å². The SMILES string of the molecule is CNc1nc(N2CCN(C=O)CC2)nc2c1C(=O)CC(c1ccccc1)C2. The number of hydrogen-bond donors (Lipinski definition) is 1. The van der Waals surface area contributed by atoms with Gasteiger partial charge in [-0.2, -0.15) is 4.98 Å². The van der Waals surface area contributed by atoms with Crippen LogP contribution >= 0.6 is 0 Å². The highest BCUT2D eigenvalue weighted by atomic mass is 16.1. The molecule has 0 radical (unpaired) electrons. The van der Waals surface area contributed by atoms with Crippen molar-refractivity contribution in [3.63, 3.8) is 0 Å². The number of rotatable bonds is 4. The summed E-state index contributed by atoms with van der Waals surface area (Å²) in [5, 5.41) is 3.07. The number of nitrogens with one attached hydrogen (secondary N) is 1. The van der Waals surface area contributed by atoms with Crippen LogP contribution in [-0.2, 0) is 11.2 Å². The molecule has 4 rings (SSSR count). The van der Waals surface area contributed by atoms with Crippen molar-refractivity contribution in [3.8, 4) is 0 Å². The van der Waals surface area contributed by atoms with Gasteiger partial charge in [-0.25, -0.2) is 4.98 Å². The Morgan fingerprint density at radius 2 is 1.81 bits per heavy atom. The first-order valence-electron chi connectivity index (χ1n) is 9.30. The fourth-order valence-electron chi connectivity index (χ4n) is 3.88. The molecule has 1 unspecified atom stereocenters. The lowest BCUT2D eigenvalue weighted by Gasteiger charge is -2.33. The summed E-state index contributed by atoms with van der Waals surface area (Å²) in [5.41, 5.74) is 2.61. The molecule has 140 valence electrons. The van der Waals surface area contributed by atoms with Gasteiger partial charge in [-0.15, -0.1) is 0 Å². The molecule has 1 amide bonds. The molecule has 1 fully saturated rings. The fraction of sp³-hybridized carbons (Fsp3) is 0.400. The van der Waals surface area contributed by atoms with Crippen molar-refractivity contribution in [1.29, 1.82) is 0 Å². The maximum atomic E-state index is 12.8. The van der Waals surface area contributed by atoms with Crippen molar-refractivity contribution < 1.29 is 9.59 Å². The molecule has 0 spiro atoms. The number of anilines is 2. The minimum atomic E-state index is 0.0896. The predicted octanol–water partition coefficient (Wildman–Crippen LogP) is 1.71. The van der Waals surface area contributed by atoms with Gasteiger partial charge < -0.3 is 15.1 Å². The molecule has 27 heavy (non-hydrogen) atoms. The van der Waals surface area contributed by atoms with Gasteiger partial charge in [0.05, 0.1) is 11.3 Å². The monoisotopic (exact) mass is 365 g/mol. The summed E-state index contributed by atoms with van der Waals surface area (Å²) in [6.07, 6.45) is 2.09.